The number of carbonyl (C=O) groups is 1. The smallest absolute Gasteiger partial charge is 0.241 e. The number of aryl methyl sites for hydroxylation is 1. The molecular weight excluding hydrogens is 320 g/mol. The van der Waals surface area contributed by atoms with Gasteiger partial charge in [-0.15, -0.1) is 0 Å². The Morgan fingerprint density at radius 3 is 2.65 bits per heavy atom. The maximum absolute atomic E-state index is 12.2. The normalized spacial score (nSPS) is 14.2. The van der Waals surface area contributed by atoms with Gasteiger partial charge in [-0.05, 0) is 58.0 Å². The molecule has 4 nitrogen and oxygen atoms in total. The SMILES string of the molecule is Cc1cc(NC(=O)C(C)N(C)CCC(C)O)ccc1Br. The molecule has 1 aromatic rings. The van der Waals surface area contributed by atoms with E-state index in [1.54, 1.807) is 6.92 Å². The van der Waals surface area contributed by atoms with Gasteiger partial charge in [0, 0.05) is 16.7 Å². The molecule has 20 heavy (non-hydrogen) atoms. The second-order valence-corrected chi connectivity index (χ2v) is 6.10. The molecule has 1 aromatic carbocycles. The third-order valence-electron chi connectivity index (χ3n) is 3.37. The first-order valence-corrected chi connectivity index (χ1v) is 7.56. The van der Waals surface area contributed by atoms with Crippen molar-refractivity contribution in [3.8, 4) is 0 Å². The second-order valence-electron chi connectivity index (χ2n) is 5.25. The van der Waals surface area contributed by atoms with Crippen LogP contribution < -0.4 is 5.32 Å². The van der Waals surface area contributed by atoms with Gasteiger partial charge < -0.3 is 10.4 Å². The number of nitrogens with one attached hydrogen (secondary N) is 1. The third-order valence-corrected chi connectivity index (χ3v) is 4.26. The van der Waals surface area contributed by atoms with Gasteiger partial charge in [0.05, 0.1) is 12.1 Å². The number of halogens is 1. The number of carbonyl (C=O) groups excluding carboxylic acids is 1. The molecule has 112 valence electrons. The molecule has 0 heterocycles. The Morgan fingerprint density at radius 2 is 2.10 bits per heavy atom. The van der Waals surface area contributed by atoms with E-state index < -0.39 is 0 Å². The molecule has 1 rings (SSSR count). The first kappa shape index (κ1) is 17.1. The number of amides is 1. The summed E-state index contributed by atoms with van der Waals surface area (Å²) < 4.78 is 1.03. The minimum atomic E-state index is -0.346. The van der Waals surface area contributed by atoms with Gasteiger partial charge in [0.1, 0.15) is 0 Å². The summed E-state index contributed by atoms with van der Waals surface area (Å²) in [6, 6.07) is 5.49. The van der Waals surface area contributed by atoms with Gasteiger partial charge in [0.15, 0.2) is 0 Å². The van der Waals surface area contributed by atoms with E-state index in [4.69, 9.17) is 0 Å². The average molecular weight is 343 g/mol. The molecule has 2 N–H and O–H groups in total. The fourth-order valence-corrected chi connectivity index (χ4v) is 2.00. The Bertz CT molecular complexity index is 463. The Balaban J connectivity index is 2.58. The van der Waals surface area contributed by atoms with Crippen molar-refractivity contribution in [2.45, 2.75) is 39.3 Å². The summed E-state index contributed by atoms with van der Waals surface area (Å²) in [4.78, 5) is 14.1. The summed E-state index contributed by atoms with van der Waals surface area (Å²) in [5.41, 5.74) is 1.88. The number of aliphatic hydroxyl groups is 1. The number of hydrogen-bond acceptors (Lipinski definition) is 3. The van der Waals surface area contributed by atoms with Crippen LogP contribution in [0.25, 0.3) is 0 Å². The minimum absolute atomic E-state index is 0.0418. The number of anilines is 1. The van der Waals surface area contributed by atoms with Crippen LogP contribution in [0.1, 0.15) is 25.8 Å². The van der Waals surface area contributed by atoms with Crippen molar-refractivity contribution in [3.05, 3.63) is 28.2 Å². The zero-order chi connectivity index (χ0) is 15.3. The average Bonchev–Trinajstić information content (AvgIpc) is 2.39. The quantitative estimate of drug-likeness (QED) is 0.835. The molecule has 2 unspecified atom stereocenters. The Hall–Kier alpha value is -0.910. The van der Waals surface area contributed by atoms with Crippen LogP contribution in [0, 0.1) is 6.92 Å². The van der Waals surface area contributed by atoms with Gasteiger partial charge in [0.25, 0.3) is 0 Å². The van der Waals surface area contributed by atoms with Crippen molar-refractivity contribution >= 4 is 27.5 Å². The highest BCUT2D eigenvalue weighted by atomic mass is 79.9. The zero-order valence-corrected chi connectivity index (χ0v) is 14.1. The number of aliphatic hydroxyl groups excluding tert-OH is 1. The fourth-order valence-electron chi connectivity index (χ4n) is 1.75. The van der Waals surface area contributed by atoms with Crippen molar-refractivity contribution in [3.63, 3.8) is 0 Å². The first-order chi connectivity index (χ1) is 9.31. The van der Waals surface area contributed by atoms with Gasteiger partial charge >= 0.3 is 0 Å². The topological polar surface area (TPSA) is 52.6 Å². The molecule has 0 fully saturated rings. The minimum Gasteiger partial charge on any atom is -0.393 e. The molecule has 5 heteroatoms. The fraction of sp³-hybridized carbons (Fsp3) is 0.533. The lowest BCUT2D eigenvalue weighted by atomic mass is 10.2. The van der Waals surface area contributed by atoms with E-state index in [2.05, 4.69) is 21.2 Å². The lowest BCUT2D eigenvalue weighted by Crippen LogP contribution is -2.40. The van der Waals surface area contributed by atoms with Gasteiger partial charge in [-0.25, -0.2) is 0 Å². The highest BCUT2D eigenvalue weighted by Crippen LogP contribution is 2.20. The Labute approximate surface area is 129 Å². The van der Waals surface area contributed by atoms with Crippen LogP contribution in [0.15, 0.2) is 22.7 Å². The van der Waals surface area contributed by atoms with E-state index in [0.717, 1.165) is 15.7 Å². The van der Waals surface area contributed by atoms with E-state index in [-0.39, 0.29) is 18.1 Å². The lowest BCUT2D eigenvalue weighted by Gasteiger charge is -2.24. The van der Waals surface area contributed by atoms with Crippen molar-refractivity contribution in [2.75, 3.05) is 18.9 Å². The summed E-state index contributed by atoms with van der Waals surface area (Å²) in [6.45, 7) is 6.29. The third kappa shape index (κ3) is 5.23. The van der Waals surface area contributed by atoms with E-state index in [9.17, 15) is 9.90 Å². The second kappa shape index (κ2) is 7.76. The zero-order valence-electron chi connectivity index (χ0n) is 12.5. The van der Waals surface area contributed by atoms with Crippen LogP contribution >= 0.6 is 15.9 Å². The van der Waals surface area contributed by atoms with Crippen LogP contribution in [-0.4, -0.2) is 41.7 Å². The van der Waals surface area contributed by atoms with Crippen LogP contribution in [-0.2, 0) is 4.79 Å². The van der Waals surface area contributed by atoms with Crippen LogP contribution in [0.3, 0.4) is 0 Å². The monoisotopic (exact) mass is 342 g/mol. The Morgan fingerprint density at radius 1 is 1.45 bits per heavy atom. The van der Waals surface area contributed by atoms with E-state index in [0.29, 0.717) is 13.0 Å². The molecule has 0 saturated heterocycles. The molecule has 0 saturated carbocycles. The van der Waals surface area contributed by atoms with Crippen LogP contribution in [0.4, 0.5) is 5.69 Å². The number of likely N-dealkylation sites (N-methyl/N-ethyl adjacent to an activating group) is 1. The molecule has 0 aliphatic heterocycles. The van der Waals surface area contributed by atoms with Crippen molar-refractivity contribution in [2.24, 2.45) is 0 Å². The number of rotatable bonds is 6. The lowest BCUT2D eigenvalue weighted by molar-refractivity contribution is -0.120. The van der Waals surface area contributed by atoms with Crippen molar-refractivity contribution in [1.29, 1.82) is 0 Å². The molecule has 0 aromatic heterocycles. The van der Waals surface area contributed by atoms with Gasteiger partial charge in [-0.2, -0.15) is 0 Å². The standard InChI is InChI=1S/C15H23BrN2O2/c1-10-9-13(5-6-14(10)16)17-15(20)12(3)18(4)8-7-11(2)19/h5-6,9,11-12,19H,7-8H2,1-4H3,(H,17,20). The maximum Gasteiger partial charge on any atom is 0.241 e. The molecule has 0 spiro atoms. The summed E-state index contributed by atoms with van der Waals surface area (Å²) >= 11 is 3.44. The Kier molecular flexibility index (Phi) is 6.65. The summed E-state index contributed by atoms with van der Waals surface area (Å²) in [5, 5.41) is 12.2. The number of nitrogens with zero attached hydrogens (tertiary/aromatic N) is 1. The van der Waals surface area contributed by atoms with Crippen molar-refractivity contribution in [1.82, 2.24) is 4.90 Å². The van der Waals surface area contributed by atoms with Crippen LogP contribution in [0.5, 0.6) is 0 Å². The summed E-state index contributed by atoms with van der Waals surface area (Å²) in [7, 11) is 1.89. The van der Waals surface area contributed by atoms with Crippen LogP contribution in [0.2, 0.25) is 0 Å². The highest BCUT2D eigenvalue weighted by molar-refractivity contribution is 9.10. The van der Waals surface area contributed by atoms with Gasteiger partial charge in [-0.1, -0.05) is 15.9 Å². The molecule has 0 radical (unpaired) electrons. The molecule has 1 amide bonds. The van der Waals surface area contributed by atoms with Gasteiger partial charge in [0.2, 0.25) is 5.91 Å². The molecular formula is C15H23BrN2O2. The van der Waals surface area contributed by atoms with Gasteiger partial charge in [-0.3, -0.25) is 9.69 Å². The molecule has 0 bridgehead atoms. The molecule has 2 atom stereocenters. The van der Waals surface area contributed by atoms with Crippen molar-refractivity contribution < 1.29 is 9.90 Å². The predicted molar refractivity (Wildman–Crippen MR) is 85.9 cm³/mol. The predicted octanol–water partition coefficient (Wildman–Crippen LogP) is 2.79. The summed E-state index contributed by atoms with van der Waals surface area (Å²) in [6.07, 6.45) is 0.313. The molecule has 0 aliphatic carbocycles. The number of benzene rings is 1. The molecule has 0 aliphatic rings. The highest BCUT2D eigenvalue weighted by Gasteiger charge is 2.18. The van der Waals surface area contributed by atoms with E-state index in [1.807, 2.05) is 44.0 Å². The van der Waals surface area contributed by atoms with E-state index in [1.165, 1.54) is 0 Å². The largest absolute Gasteiger partial charge is 0.393 e. The van der Waals surface area contributed by atoms with E-state index >= 15 is 0 Å². The number of hydrogen-bond donors (Lipinski definition) is 2. The summed E-state index contributed by atoms with van der Waals surface area (Å²) in [5.74, 6) is -0.0418. The first-order valence-electron chi connectivity index (χ1n) is 6.76. The maximum atomic E-state index is 12.2.